The van der Waals surface area contributed by atoms with Crippen LogP contribution in [0.25, 0.3) is 0 Å². The van der Waals surface area contributed by atoms with Crippen LogP contribution < -0.4 is 0 Å². The van der Waals surface area contributed by atoms with Crippen LogP contribution in [0.1, 0.15) is 201 Å². The van der Waals surface area contributed by atoms with Gasteiger partial charge in [0.25, 0.3) is 0 Å². The van der Waals surface area contributed by atoms with Gasteiger partial charge in [0, 0.05) is 19.4 Å². The van der Waals surface area contributed by atoms with E-state index < -0.39 is 6.10 Å². The van der Waals surface area contributed by atoms with Crippen LogP contribution in [-0.2, 0) is 23.8 Å². The molecule has 0 radical (unpaired) electrons. The standard InChI is InChI=1S/C49H84O5/c1-4-7-10-13-16-19-21-23-25-27-29-31-33-36-39-42-48(50)53-46-47(45-52-44-41-38-35-18-15-12-9-6-3)54-49(51)43-40-37-34-32-30-28-26-24-22-20-17-14-11-8-5-2/h7-8,10-11,16-17,19-20,23-26,47H,4-6,9,12-15,18,21-22,27-46H2,1-3H3/b10-7-,11-8-,19-16-,20-17-,25-23-,26-24-. The second-order valence-corrected chi connectivity index (χ2v) is 14.5. The van der Waals surface area contributed by atoms with E-state index in [0.717, 1.165) is 103 Å². The molecule has 0 fully saturated rings. The van der Waals surface area contributed by atoms with Gasteiger partial charge < -0.3 is 14.2 Å². The predicted octanol–water partition coefficient (Wildman–Crippen LogP) is 14.8. The van der Waals surface area contributed by atoms with Crippen molar-refractivity contribution < 1.29 is 23.8 Å². The lowest BCUT2D eigenvalue weighted by atomic mass is 10.1. The molecule has 1 atom stereocenters. The zero-order valence-electron chi connectivity index (χ0n) is 35.5. The van der Waals surface area contributed by atoms with E-state index in [1.54, 1.807) is 0 Å². The molecule has 0 aromatic rings. The van der Waals surface area contributed by atoms with E-state index in [1.165, 1.54) is 64.2 Å². The largest absolute Gasteiger partial charge is 0.462 e. The lowest BCUT2D eigenvalue weighted by Gasteiger charge is -2.18. The van der Waals surface area contributed by atoms with Crippen molar-refractivity contribution in [2.75, 3.05) is 19.8 Å². The van der Waals surface area contributed by atoms with Gasteiger partial charge in [-0.15, -0.1) is 0 Å². The molecule has 5 nitrogen and oxygen atoms in total. The van der Waals surface area contributed by atoms with Crippen molar-refractivity contribution in [3.63, 3.8) is 0 Å². The summed E-state index contributed by atoms with van der Waals surface area (Å²) in [7, 11) is 0. The van der Waals surface area contributed by atoms with Crippen LogP contribution in [0.4, 0.5) is 0 Å². The van der Waals surface area contributed by atoms with Crippen molar-refractivity contribution in [2.24, 2.45) is 0 Å². The van der Waals surface area contributed by atoms with Gasteiger partial charge >= 0.3 is 11.9 Å². The van der Waals surface area contributed by atoms with Gasteiger partial charge in [0.2, 0.25) is 0 Å². The van der Waals surface area contributed by atoms with Gasteiger partial charge in [0.05, 0.1) is 6.61 Å². The normalized spacial score (nSPS) is 12.9. The van der Waals surface area contributed by atoms with E-state index in [2.05, 4.69) is 93.7 Å². The van der Waals surface area contributed by atoms with Crippen molar-refractivity contribution in [3.05, 3.63) is 72.9 Å². The third kappa shape index (κ3) is 42.1. The number of hydrogen-bond donors (Lipinski definition) is 0. The van der Waals surface area contributed by atoms with E-state index in [-0.39, 0.29) is 25.2 Å². The second kappa shape index (κ2) is 44.7. The Morgan fingerprint density at radius 3 is 1.33 bits per heavy atom. The average Bonchev–Trinajstić information content (AvgIpc) is 3.17. The van der Waals surface area contributed by atoms with Gasteiger partial charge in [-0.3, -0.25) is 9.59 Å². The number of hydrogen-bond acceptors (Lipinski definition) is 5. The number of carbonyl (C=O) groups excluding carboxylic acids is 2. The fraction of sp³-hybridized carbons (Fsp3) is 0.714. The summed E-state index contributed by atoms with van der Waals surface area (Å²) < 4.78 is 17.2. The summed E-state index contributed by atoms with van der Waals surface area (Å²) in [4.78, 5) is 25.2. The summed E-state index contributed by atoms with van der Waals surface area (Å²) in [6.07, 6.45) is 56.1. The fourth-order valence-corrected chi connectivity index (χ4v) is 5.95. The number of esters is 2. The Hall–Kier alpha value is -2.66. The Labute approximate surface area is 334 Å². The molecule has 54 heavy (non-hydrogen) atoms. The van der Waals surface area contributed by atoms with E-state index in [9.17, 15) is 9.59 Å². The number of allylic oxidation sites excluding steroid dienone is 12. The molecule has 310 valence electrons. The zero-order chi connectivity index (χ0) is 39.3. The first kappa shape index (κ1) is 51.3. The molecule has 1 unspecified atom stereocenters. The summed E-state index contributed by atoms with van der Waals surface area (Å²) >= 11 is 0. The molecule has 0 bridgehead atoms. The molecule has 5 heteroatoms. The highest BCUT2D eigenvalue weighted by Crippen LogP contribution is 2.12. The maximum Gasteiger partial charge on any atom is 0.306 e. The fourth-order valence-electron chi connectivity index (χ4n) is 5.95. The summed E-state index contributed by atoms with van der Waals surface area (Å²) in [5.74, 6) is -0.439. The minimum absolute atomic E-state index is 0.0676. The molecule has 0 rings (SSSR count). The SMILES string of the molecule is CC/C=C\C/C=C\C/C=C\CCCCCCCC(=O)OCC(COCCCCCCCCCC)OC(=O)CCCCCCC/C=C\C/C=C\C/C=C\CC. The lowest BCUT2D eigenvalue weighted by Crippen LogP contribution is -2.30. The first-order valence-electron chi connectivity index (χ1n) is 22.5. The Kier molecular flexibility index (Phi) is 42.5. The molecule has 0 heterocycles. The van der Waals surface area contributed by atoms with Gasteiger partial charge in [-0.05, 0) is 83.5 Å². The van der Waals surface area contributed by atoms with E-state index in [1.807, 2.05) is 0 Å². The van der Waals surface area contributed by atoms with Gasteiger partial charge in [-0.1, -0.05) is 177 Å². The summed E-state index contributed by atoms with van der Waals surface area (Å²) in [6, 6.07) is 0. The Bertz CT molecular complexity index is 988. The Balaban J connectivity index is 4.26. The maximum atomic E-state index is 12.7. The molecule has 0 aliphatic rings. The van der Waals surface area contributed by atoms with Crippen LogP contribution in [0.15, 0.2) is 72.9 Å². The van der Waals surface area contributed by atoms with Crippen LogP contribution in [0, 0.1) is 0 Å². The first-order valence-corrected chi connectivity index (χ1v) is 22.5. The Morgan fingerprint density at radius 2 is 0.833 bits per heavy atom. The lowest BCUT2D eigenvalue weighted by molar-refractivity contribution is -0.163. The highest BCUT2D eigenvalue weighted by Gasteiger charge is 2.17. The van der Waals surface area contributed by atoms with Crippen molar-refractivity contribution in [3.8, 4) is 0 Å². The highest BCUT2D eigenvalue weighted by molar-refractivity contribution is 5.70. The van der Waals surface area contributed by atoms with Crippen LogP contribution in [0.3, 0.4) is 0 Å². The molecule has 0 saturated carbocycles. The number of unbranched alkanes of at least 4 members (excludes halogenated alkanes) is 17. The second-order valence-electron chi connectivity index (χ2n) is 14.5. The maximum absolute atomic E-state index is 12.7. The van der Waals surface area contributed by atoms with Crippen molar-refractivity contribution >= 4 is 11.9 Å². The number of rotatable bonds is 40. The summed E-state index contributed by atoms with van der Waals surface area (Å²) in [5.41, 5.74) is 0. The van der Waals surface area contributed by atoms with Crippen LogP contribution >= 0.6 is 0 Å². The predicted molar refractivity (Wildman–Crippen MR) is 233 cm³/mol. The van der Waals surface area contributed by atoms with E-state index in [0.29, 0.717) is 19.4 Å². The minimum atomic E-state index is -0.550. The number of carbonyl (C=O) groups is 2. The molecule has 0 aromatic heterocycles. The molecular weight excluding hydrogens is 669 g/mol. The third-order valence-electron chi connectivity index (χ3n) is 9.24. The quantitative estimate of drug-likeness (QED) is 0.0354. The van der Waals surface area contributed by atoms with Gasteiger partial charge in [0.1, 0.15) is 6.61 Å². The molecule has 0 aromatic carbocycles. The number of ether oxygens (including phenoxy) is 3. The molecule has 0 aliphatic carbocycles. The first-order chi connectivity index (χ1) is 26.6. The van der Waals surface area contributed by atoms with E-state index in [4.69, 9.17) is 14.2 Å². The minimum Gasteiger partial charge on any atom is -0.462 e. The average molecular weight is 753 g/mol. The summed E-state index contributed by atoms with van der Waals surface area (Å²) in [6.45, 7) is 7.54. The molecular formula is C49H84O5. The van der Waals surface area contributed by atoms with Gasteiger partial charge in [-0.2, -0.15) is 0 Å². The van der Waals surface area contributed by atoms with E-state index >= 15 is 0 Å². The monoisotopic (exact) mass is 753 g/mol. The topological polar surface area (TPSA) is 61.8 Å². The smallest absolute Gasteiger partial charge is 0.306 e. The van der Waals surface area contributed by atoms with Crippen LogP contribution in [-0.4, -0.2) is 37.9 Å². The zero-order valence-corrected chi connectivity index (χ0v) is 35.5. The molecule has 0 amide bonds. The third-order valence-corrected chi connectivity index (χ3v) is 9.24. The van der Waals surface area contributed by atoms with Crippen molar-refractivity contribution in [2.45, 2.75) is 207 Å². The molecule has 0 saturated heterocycles. The van der Waals surface area contributed by atoms with Gasteiger partial charge in [0.15, 0.2) is 6.10 Å². The summed E-state index contributed by atoms with van der Waals surface area (Å²) in [5, 5.41) is 0. The van der Waals surface area contributed by atoms with Crippen molar-refractivity contribution in [1.29, 1.82) is 0 Å². The molecule has 0 N–H and O–H groups in total. The molecule has 0 spiro atoms. The van der Waals surface area contributed by atoms with Gasteiger partial charge in [-0.25, -0.2) is 0 Å². The van der Waals surface area contributed by atoms with Crippen LogP contribution in [0.5, 0.6) is 0 Å². The molecule has 0 aliphatic heterocycles. The van der Waals surface area contributed by atoms with Crippen molar-refractivity contribution in [1.82, 2.24) is 0 Å². The Morgan fingerprint density at radius 1 is 0.426 bits per heavy atom. The highest BCUT2D eigenvalue weighted by atomic mass is 16.6. The van der Waals surface area contributed by atoms with Crippen LogP contribution in [0.2, 0.25) is 0 Å².